The molecule has 0 radical (unpaired) electrons. The average Bonchev–Trinajstić information content (AvgIpc) is 2.66. The Morgan fingerprint density at radius 2 is 2.05 bits per heavy atom. The van der Waals surface area contributed by atoms with E-state index in [1.807, 2.05) is 6.92 Å². The molecule has 1 aromatic heterocycles. The normalized spacial score (nSPS) is 13.9. The molecule has 0 fully saturated rings. The van der Waals surface area contributed by atoms with Crippen LogP contribution in [0.4, 0.5) is 17.6 Å². The summed E-state index contributed by atoms with van der Waals surface area (Å²) in [6.45, 7) is 2.33. The molecule has 20 heavy (non-hydrogen) atoms. The number of hydrogen-bond donors (Lipinski definition) is 1. The predicted molar refractivity (Wildman–Crippen MR) is 65.7 cm³/mol. The number of halogens is 4. The second-order valence-corrected chi connectivity index (χ2v) is 4.57. The van der Waals surface area contributed by atoms with E-state index < -0.39 is 24.5 Å². The molecule has 3 nitrogen and oxygen atoms in total. The first-order valence-corrected chi connectivity index (χ1v) is 6.22. The average molecular weight is 290 g/mol. The van der Waals surface area contributed by atoms with Crippen molar-refractivity contribution < 1.29 is 22.7 Å². The van der Waals surface area contributed by atoms with Crippen LogP contribution in [0.25, 0.3) is 11.0 Å². The first-order valence-electron chi connectivity index (χ1n) is 6.22. The fourth-order valence-corrected chi connectivity index (χ4v) is 2.07. The van der Waals surface area contributed by atoms with E-state index in [0.717, 1.165) is 0 Å². The number of aliphatic hydroxyl groups excluding tert-OH is 1. The van der Waals surface area contributed by atoms with Gasteiger partial charge in [-0.2, -0.15) is 13.2 Å². The highest BCUT2D eigenvalue weighted by Crippen LogP contribution is 2.25. The zero-order chi connectivity index (χ0) is 14.9. The van der Waals surface area contributed by atoms with E-state index in [1.165, 1.54) is 18.2 Å². The number of aryl methyl sites for hydroxylation is 1. The van der Waals surface area contributed by atoms with E-state index in [4.69, 9.17) is 5.11 Å². The highest BCUT2D eigenvalue weighted by molar-refractivity contribution is 5.76. The van der Waals surface area contributed by atoms with Crippen LogP contribution in [0.15, 0.2) is 18.2 Å². The number of benzene rings is 1. The monoisotopic (exact) mass is 290 g/mol. The molecule has 2 rings (SSSR count). The van der Waals surface area contributed by atoms with E-state index in [0.29, 0.717) is 24.0 Å². The molecule has 110 valence electrons. The minimum Gasteiger partial charge on any atom is -0.383 e. The van der Waals surface area contributed by atoms with Crippen molar-refractivity contribution in [1.82, 2.24) is 9.55 Å². The van der Waals surface area contributed by atoms with Gasteiger partial charge in [0, 0.05) is 19.0 Å². The van der Waals surface area contributed by atoms with Gasteiger partial charge in [0.15, 0.2) is 6.10 Å². The van der Waals surface area contributed by atoms with Gasteiger partial charge in [0.05, 0.1) is 11.0 Å². The van der Waals surface area contributed by atoms with Crippen LogP contribution in [-0.2, 0) is 13.0 Å². The number of imidazole rings is 1. The molecule has 7 heteroatoms. The lowest BCUT2D eigenvalue weighted by Gasteiger charge is -2.15. The molecule has 0 amide bonds. The maximum atomic E-state index is 13.1. The van der Waals surface area contributed by atoms with Crippen LogP contribution < -0.4 is 0 Å². The minimum atomic E-state index is -4.69. The van der Waals surface area contributed by atoms with Crippen molar-refractivity contribution >= 4 is 11.0 Å². The first kappa shape index (κ1) is 14.8. The molecule has 0 spiro atoms. The molecule has 1 unspecified atom stereocenters. The summed E-state index contributed by atoms with van der Waals surface area (Å²) in [5.41, 5.74) is 0.862. The van der Waals surface area contributed by atoms with Gasteiger partial charge >= 0.3 is 6.18 Å². The third kappa shape index (κ3) is 2.92. The van der Waals surface area contributed by atoms with Crippen LogP contribution >= 0.6 is 0 Å². The highest BCUT2D eigenvalue weighted by atomic mass is 19.4. The van der Waals surface area contributed by atoms with Crippen molar-refractivity contribution in [2.75, 3.05) is 0 Å². The van der Waals surface area contributed by atoms with Gasteiger partial charge in [-0.1, -0.05) is 6.92 Å². The Balaban J connectivity index is 2.43. The number of aliphatic hydroxyl groups is 1. The molecule has 1 heterocycles. The summed E-state index contributed by atoms with van der Waals surface area (Å²) in [6, 6.07) is 3.89. The van der Waals surface area contributed by atoms with Gasteiger partial charge in [0.1, 0.15) is 11.6 Å². The molecular formula is C13H14F4N2O. The SMILES string of the molecule is CCCn1c(CC(O)C(F)(F)F)nc2cc(F)ccc21. The van der Waals surface area contributed by atoms with Gasteiger partial charge in [0.25, 0.3) is 0 Å². The summed E-state index contributed by atoms with van der Waals surface area (Å²) in [5, 5.41) is 9.16. The number of rotatable bonds is 4. The highest BCUT2D eigenvalue weighted by Gasteiger charge is 2.39. The lowest BCUT2D eigenvalue weighted by Crippen LogP contribution is -2.31. The molecule has 1 atom stereocenters. The van der Waals surface area contributed by atoms with E-state index >= 15 is 0 Å². The summed E-state index contributed by atoms with van der Waals surface area (Å²) in [4.78, 5) is 4.01. The number of fused-ring (bicyclic) bond motifs is 1. The summed E-state index contributed by atoms with van der Waals surface area (Å²) in [6.07, 6.45) is -7.11. The van der Waals surface area contributed by atoms with E-state index in [-0.39, 0.29) is 5.82 Å². The third-order valence-electron chi connectivity index (χ3n) is 2.99. The van der Waals surface area contributed by atoms with Gasteiger partial charge < -0.3 is 9.67 Å². The molecule has 2 aromatic rings. The van der Waals surface area contributed by atoms with Crippen LogP contribution in [-0.4, -0.2) is 26.9 Å². The molecule has 0 saturated heterocycles. The van der Waals surface area contributed by atoms with Gasteiger partial charge in [-0.05, 0) is 18.6 Å². The number of aromatic nitrogens is 2. The Hall–Kier alpha value is -1.63. The fraction of sp³-hybridized carbons (Fsp3) is 0.462. The fourth-order valence-electron chi connectivity index (χ4n) is 2.07. The maximum Gasteiger partial charge on any atom is 0.414 e. The van der Waals surface area contributed by atoms with Crippen LogP contribution in [0.5, 0.6) is 0 Å². The van der Waals surface area contributed by atoms with Gasteiger partial charge in [0.2, 0.25) is 0 Å². The van der Waals surface area contributed by atoms with Crippen molar-refractivity contribution in [2.45, 2.75) is 38.6 Å². The van der Waals surface area contributed by atoms with E-state index in [9.17, 15) is 17.6 Å². The van der Waals surface area contributed by atoms with Crippen molar-refractivity contribution in [3.05, 3.63) is 29.8 Å². The van der Waals surface area contributed by atoms with Gasteiger partial charge in [-0.3, -0.25) is 0 Å². The topological polar surface area (TPSA) is 38.0 Å². The lowest BCUT2D eigenvalue weighted by molar-refractivity contribution is -0.203. The lowest BCUT2D eigenvalue weighted by atomic mass is 10.2. The number of nitrogens with zero attached hydrogens (tertiary/aromatic N) is 2. The van der Waals surface area contributed by atoms with Crippen LogP contribution in [0.2, 0.25) is 0 Å². The molecule has 1 N–H and O–H groups in total. The molecule has 0 aliphatic rings. The standard InChI is InChI=1S/C13H14F4N2O/c1-2-5-19-10-4-3-8(14)6-9(10)18-12(19)7-11(20)13(15,16)17/h3-4,6,11,20H,2,5,7H2,1H3. The van der Waals surface area contributed by atoms with Crippen molar-refractivity contribution in [2.24, 2.45) is 0 Å². The zero-order valence-corrected chi connectivity index (χ0v) is 10.8. The van der Waals surface area contributed by atoms with Crippen LogP contribution in [0.3, 0.4) is 0 Å². The maximum absolute atomic E-state index is 13.1. The summed E-state index contributed by atoms with van der Waals surface area (Å²) < 4.78 is 52.0. The largest absolute Gasteiger partial charge is 0.414 e. The molecule has 1 aromatic carbocycles. The summed E-state index contributed by atoms with van der Waals surface area (Å²) in [5.74, 6) is -0.390. The van der Waals surface area contributed by atoms with E-state index in [2.05, 4.69) is 4.98 Å². The predicted octanol–water partition coefficient (Wildman–Crippen LogP) is 3.05. The quantitative estimate of drug-likeness (QED) is 0.879. The van der Waals surface area contributed by atoms with Gasteiger partial charge in [-0.15, -0.1) is 0 Å². The smallest absolute Gasteiger partial charge is 0.383 e. The second-order valence-electron chi connectivity index (χ2n) is 4.57. The minimum absolute atomic E-state index is 0.109. The Bertz CT molecular complexity index is 606. The van der Waals surface area contributed by atoms with E-state index in [1.54, 1.807) is 4.57 Å². The molecule has 0 aliphatic heterocycles. The summed E-state index contributed by atoms with van der Waals surface area (Å²) >= 11 is 0. The zero-order valence-electron chi connectivity index (χ0n) is 10.8. The molecular weight excluding hydrogens is 276 g/mol. The van der Waals surface area contributed by atoms with Crippen molar-refractivity contribution in [1.29, 1.82) is 0 Å². The van der Waals surface area contributed by atoms with Crippen molar-refractivity contribution in [3.8, 4) is 0 Å². The second kappa shape index (κ2) is 5.40. The Morgan fingerprint density at radius 3 is 2.65 bits per heavy atom. The third-order valence-corrected chi connectivity index (χ3v) is 2.99. The van der Waals surface area contributed by atoms with Gasteiger partial charge in [-0.25, -0.2) is 9.37 Å². The Kier molecular flexibility index (Phi) is 3.99. The molecule has 0 aliphatic carbocycles. The summed E-state index contributed by atoms with van der Waals surface area (Å²) in [7, 11) is 0. The Labute approximate surface area is 112 Å². The van der Waals surface area contributed by atoms with Crippen LogP contribution in [0.1, 0.15) is 19.2 Å². The Morgan fingerprint density at radius 1 is 1.35 bits per heavy atom. The van der Waals surface area contributed by atoms with Crippen molar-refractivity contribution in [3.63, 3.8) is 0 Å². The van der Waals surface area contributed by atoms with Crippen LogP contribution in [0, 0.1) is 5.82 Å². The first-order chi connectivity index (χ1) is 9.32. The molecule has 0 bridgehead atoms. The molecule has 0 saturated carbocycles. The number of hydrogen-bond acceptors (Lipinski definition) is 2. The number of alkyl halides is 3.